The zero-order valence-corrected chi connectivity index (χ0v) is 52.1. The normalized spacial score (nSPS) is 23.1. The Hall–Kier alpha value is -5.86. The van der Waals surface area contributed by atoms with E-state index in [4.69, 9.17) is 108 Å². The minimum Gasteiger partial charge on any atom is -0.489 e. The van der Waals surface area contributed by atoms with E-state index in [-0.39, 0.29) is 73.7 Å². The SMILES string of the molecule is CC(C)Oc1cc(C(=O)O)cc2sc(O[C@@H]3CO[C@H]4[C@@H]3OC[C@@H]4OCc3c(-c4c(Cl)cccc4Cl)noc3C3CC3)nc12.COC(=O)c1cc(OC(C)C)c2nc(O[C@@H]3CO[C@H]4[C@@H]3OC[C@@H]4OCc3c(-c4c(Cl)cccc4Cl)noc3C3CC3)sc2c1. The summed E-state index contributed by atoms with van der Waals surface area (Å²) >= 11 is 28.6. The molecule has 1 N–H and O–H groups in total. The molecule has 0 unspecified atom stereocenters. The number of rotatable bonds is 20. The standard InChI is InChI=1S/C31H30Cl2N2O8S.C30H28Cl2N2O8S/c1-14(2)41-20-9-16(30(36)37-3)10-23-26(20)34-31(44-23)42-22-13-40-28-21(12-39-29(22)28)38-11-17-25(35-43-27(17)15-7-8-15)24-18(32)5-4-6-19(24)33;1-13(2)40-19-8-15(29(35)36)9-22-25(19)33-30(43-22)41-21-12-39-27-20(11-38-28(21)27)37-10-16-24(34-42-26(16)14-6-7-14)23-17(31)4-3-5-18(23)32/h4-6,9-10,14-15,21-22,28-29H,7-8,11-13H2,1-3H3;3-5,8-9,13-14,20-21,27-28H,6-7,10-12H2,1-2H3,(H,35,36)/t21-,22+,28+,29+;20-,21+,27+,28+/m00/s1. The molecule has 4 aliphatic heterocycles. The van der Waals surface area contributed by atoms with Gasteiger partial charge in [-0.1, -0.05) is 91.5 Å². The van der Waals surface area contributed by atoms with E-state index in [2.05, 4.69) is 20.3 Å². The molecule has 458 valence electrons. The fourth-order valence-corrected chi connectivity index (χ4v) is 14.2. The molecule has 8 heterocycles. The molecule has 4 saturated heterocycles. The molecule has 4 aromatic carbocycles. The minimum absolute atomic E-state index is 0.110. The Morgan fingerprint density at radius 2 is 0.977 bits per heavy atom. The van der Waals surface area contributed by atoms with Crippen molar-refractivity contribution in [2.45, 2.75) is 139 Å². The average molecular weight is 1310 g/mol. The number of carbonyl (C=O) groups is 2. The van der Waals surface area contributed by atoms with Gasteiger partial charge in [0.05, 0.1) is 99.6 Å². The van der Waals surface area contributed by atoms with E-state index in [1.54, 1.807) is 54.6 Å². The Morgan fingerprint density at radius 3 is 1.37 bits per heavy atom. The molecule has 4 aromatic heterocycles. The number of carbonyl (C=O) groups excluding carboxylic acids is 1. The lowest BCUT2D eigenvalue weighted by molar-refractivity contribution is -0.0428. The summed E-state index contributed by atoms with van der Waals surface area (Å²) in [5.74, 6) is 1.64. The van der Waals surface area contributed by atoms with Crippen LogP contribution >= 0.6 is 69.1 Å². The molecule has 8 atom stereocenters. The molecule has 87 heavy (non-hydrogen) atoms. The number of thiazole rings is 2. The molecular weight excluding hydrogens is 1250 g/mol. The van der Waals surface area contributed by atoms with Crippen LogP contribution < -0.4 is 18.9 Å². The minimum atomic E-state index is -1.04. The van der Waals surface area contributed by atoms with Gasteiger partial charge in [0, 0.05) is 34.1 Å². The number of carboxylic acid groups (broad SMARTS) is 1. The Balaban J connectivity index is 0.000000161. The maximum absolute atomic E-state index is 12.3. The molecule has 20 nitrogen and oxygen atoms in total. The highest BCUT2D eigenvalue weighted by Gasteiger charge is 2.52. The number of halogens is 4. The van der Waals surface area contributed by atoms with Crippen molar-refractivity contribution in [3.05, 3.63) is 115 Å². The maximum atomic E-state index is 12.3. The number of ether oxygens (including phenoxy) is 11. The molecule has 2 aliphatic carbocycles. The number of carboxylic acids is 1. The van der Waals surface area contributed by atoms with Gasteiger partial charge in [0.15, 0.2) is 12.2 Å². The first-order valence-corrected chi connectivity index (χ1v) is 31.6. The van der Waals surface area contributed by atoms with Crippen molar-refractivity contribution in [1.82, 2.24) is 20.3 Å². The van der Waals surface area contributed by atoms with Crippen LogP contribution in [0, 0.1) is 0 Å². The monoisotopic (exact) mass is 1310 g/mol. The number of aromatic nitrogens is 4. The Labute approximate surface area is 526 Å². The predicted octanol–water partition coefficient (Wildman–Crippen LogP) is 13.6. The van der Waals surface area contributed by atoms with Crippen molar-refractivity contribution in [1.29, 1.82) is 0 Å². The van der Waals surface area contributed by atoms with Gasteiger partial charge in [0.2, 0.25) is 0 Å². The summed E-state index contributed by atoms with van der Waals surface area (Å²) in [5.41, 5.74) is 5.79. The molecule has 6 aliphatic rings. The number of benzene rings is 4. The summed E-state index contributed by atoms with van der Waals surface area (Å²) in [5, 5.41) is 21.0. The third kappa shape index (κ3) is 12.5. The van der Waals surface area contributed by atoms with E-state index in [0.29, 0.717) is 124 Å². The van der Waals surface area contributed by atoms with Gasteiger partial charge in [0.25, 0.3) is 10.4 Å². The van der Waals surface area contributed by atoms with Crippen LogP contribution in [-0.4, -0.2) is 132 Å². The zero-order chi connectivity index (χ0) is 60.4. The van der Waals surface area contributed by atoms with Gasteiger partial charge in [-0.3, -0.25) is 0 Å². The van der Waals surface area contributed by atoms with E-state index < -0.39 is 18.0 Å². The smallest absolute Gasteiger partial charge is 0.338 e. The summed E-state index contributed by atoms with van der Waals surface area (Å²) < 4.78 is 79.5. The summed E-state index contributed by atoms with van der Waals surface area (Å²) in [4.78, 5) is 33.2. The number of esters is 1. The highest BCUT2D eigenvalue weighted by molar-refractivity contribution is 7.20. The van der Waals surface area contributed by atoms with Crippen molar-refractivity contribution in [3.8, 4) is 44.4 Å². The number of fused-ring (bicyclic) bond motifs is 4. The largest absolute Gasteiger partial charge is 0.489 e. The van der Waals surface area contributed by atoms with Crippen molar-refractivity contribution in [2.24, 2.45) is 0 Å². The van der Waals surface area contributed by atoms with Gasteiger partial charge < -0.3 is 66.3 Å². The highest BCUT2D eigenvalue weighted by Crippen LogP contribution is 2.49. The van der Waals surface area contributed by atoms with E-state index in [0.717, 1.165) is 53.0 Å². The van der Waals surface area contributed by atoms with Gasteiger partial charge in [-0.25, -0.2) is 9.59 Å². The van der Waals surface area contributed by atoms with Crippen LogP contribution in [0.5, 0.6) is 21.9 Å². The van der Waals surface area contributed by atoms with Gasteiger partial charge in [-0.05, 0) is 102 Å². The van der Waals surface area contributed by atoms with Crippen molar-refractivity contribution >= 4 is 101 Å². The van der Waals surface area contributed by atoms with E-state index in [9.17, 15) is 14.7 Å². The van der Waals surface area contributed by atoms with Gasteiger partial charge in [-0.2, -0.15) is 9.97 Å². The molecule has 0 bridgehead atoms. The second-order valence-electron chi connectivity index (χ2n) is 22.4. The summed E-state index contributed by atoms with van der Waals surface area (Å²) in [7, 11) is 1.34. The lowest BCUT2D eigenvalue weighted by Crippen LogP contribution is -2.35. The Morgan fingerprint density at radius 1 is 0.586 bits per heavy atom. The van der Waals surface area contributed by atoms with Crippen LogP contribution in [-0.2, 0) is 46.4 Å². The van der Waals surface area contributed by atoms with Crippen LogP contribution in [0.4, 0.5) is 0 Å². The quantitative estimate of drug-likeness (QED) is 0.0698. The second kappa shape index (κ2) is 25.2. The van der Waals surface area contributed by atoms with Crippen molar-refractivity contribution in [3.63, 3.8) is 0 Å². The third-order valence-electron chi connectivity index (χ3n) is 15.5. The van der Waals surface area contributed by atoms with Gasteiger partial charge >= 0.3 is 11.9 Å². The van der Waals surface area contributed by atoms with Crippen LogP contribution in [0.2, 0.25) is 20.1 Å². The number of hydrogen-bond acceptors (Lipinski definition) is 21. The highest BCUT2D eigenvalue weighted by atomic mass is 35.5. The number of methoxy groups -OCH3 is 1. The van der Waals surface area contributed by atoms with Gasteiger partial charge in [0.1, 0.15) is 82.1 Å². The Kier molecular flexibility index (Phi) is 17.4. The van der Waals surface area contributed by atoms with Crippen molar-refractivity contribution < 1.29 is 75.8 Å². The lowest BCUT2D eigenvalue weighted by Gasteiger charge is -2.17. The first-order chi connectivity index (χ1) is 42.1. The molecule has 0 amide bonds. The summed E-state index contributed by atoms with van der Waals surface area (Å²) in [6.45, 7) is 9.33. The first kappa shape index (κ1) is 60.1. The molecule has 6 fully saturated rings. The molecule has 0 radical (unpaired) electrons. The van der Waals surface area contributed by atoms with E-state index in [1.165, 1.54) is 35.8 Å². The molecule has 0 spiro atoms. The fraction of sp³-hybridized carbons (Fsp3) is 0.443. The topological polar surface area (TPSA) is 234 Å². The Bertz CT molecular complexity index is 3840. The van der Waals surface area contributed by atoms with Crippen LogP contribution in [0.25, 0.3) is 42.9 Å². The lowest BCUT2D eigenvalue weighted by atomic mass is 10.0. The van der Waals surface area contributed by atoms with Crippen molar-refractivity contribution in [2.75, 3.05) is 33.5 Å². The number of hydrogen-bond donors (Lipinski definition) is 1. The predicted molar refractivity (Wildman–Crippen MR) is 322 cm³/mol. The van der Waals surface area contributed by atoms with E-state index in [1.807, 2.05) is 27.7 Å². The zero-order valence-electron chi connectivity index (χ0n) is 47.5. The first-order valence-electron chi connectivity index (χ1n) is 28.5. The molecule has 8 aromatic rings. The van der Waals surface area contributed by atoms with Crippen LogP contribution in [0.1, 0.15) is 109 Å². The number of aromatic carboxylic acids is 1. The van der Waals surface area contributed by atoms with Gasteiger partial charge in [-0.15, -0.1) is 0 Å². The fourth-order valence-electron chi connectivity index (χ4n) is 11.2. The van der Waals surface area contributed by atoms with Crippen LogP contribution in [0.15, 0.2) is 69.7 Å². The summed E-state index contributed by atoms with van der Waals surface area (Å²) in [6, 6.07) is 17.1. The van der Waals surface area contributed by atoms with E-state index >= 15 is 0 Å². The molecular formula is C61H58Cl4N4O16S2. The number of nitrogens with zero attached hydrogens (tertiary/aromatic N) is 4. The second-order valence-corrected chi connectivity index (χ2v) is 26.0. The third-order valence-corrected chi connectivity index (χ3v) is 18.6. The van der Waals surface area contributed by atoms with Crippen LogP contribution in [0.3, 0.4) is 0 Å². The molecule has 14 rings (SSSR count). The summed E-state index contributed by atoms with van der Waals surface area (Å²) in [6.07, 6.45) is 1.06. The molecule has 2 saturated carbocycles. The molecule has 26 heteroatoms. The maximum Gasteiger partial charge on any atom is 0.338 e. The average Bonchev–Trinajstić information content (AvgIpc) is 3.54.